The number of rotatable bonds is 3. The molecule has 1 aromatic rings. The van der Waals surface area contributed by atoms with Crippen molar-refractivity contribution in [2.45, 2.75) is 51.6 Å². The van der Waals surface area contributed by atoms with Crippen molar-refractivity contribution < 1.29 is 9.53 Å². The summed E-state index contributed by atoms with van der Waals surface area (Å²) in [7, 11) is 2.00. The molecule has 2 atom stereocenters. The number of carbonyl (C=O) groups is 1. The fourth-order valence-corrected chi connectivity index (χ4v) is 4.14. The third-order valence-corrected chi connectivity index (χ3v) is 5.42. The van der Waals surface area contributed by atoms with Crippen molar-refractivity contribution in [3.05, 3.63) is 18.0 Å². The highest BCUT2D eigenvalue weighted by atomic mass is 16.5. The number of carbonyl (C=O) groups excluding carboxylic acids is 1. The lowest BCUT2D eigenvalue weighted by atomic mass is 9.85. The van der Waals surface area contributed by atoms with E-state index in [0.29, 0.717) is 17.7 Å². The normalized spacial score (nSPS) is 26.7. The van der Waals surface area contributed by atoms with Crippen LogP contribution < -0.4 is 0 Å². The van der Waals surface area contributed by atoms with Gasteiger partial charge in [-0.25, -0.2) is 0 Å². The Morgan fingerprint density at radius 2 is 2.04 bits per heavy atom. The van der Waals surface area contributed by atoms with Gasteiger partial charge in [0.1, 0.15) is 0 Å². The molecule has 0 N–H and O–H groups in total. The summed E-state index contributed by atoms with van der Waals surface area (Å²) in [5.41, 5.74) is 1.29. The van der Waals surface area contributed by atoms with Gasteiger partial charge in [-0.05, 0) is 37.7 Å². The minimum Gasteiger partial charge on any atom is -0.377 e. The third-order valence-electron chi connectivity index (χ3n) is 5.42. The number of nitrogens with zero attached hydrogens (tertiary/aromatic N) is 3. The lowest BCUT2D eigenvalue weighted by molar-refractivity contribution is -0.148. The molecule has 23 heavy (non-hydrogen) atoms. The van der Waals surface area contributed by atoms with Gasteiger partial charge < -0.3 is 9.64 Å². The molecule has 0 saturated carbocycles. The van der Waals surface area contributed by atoms with E-state index in [1.807, 2.05) is 17.9 Å². The molecule has 0 bridgehead atoms. The summed E-state index contributed by atoms with van der Waals surface area (Å²) in [5.74, 6) is 1.29. The summed E-state index contributed by atoms with van der Waals surface area (Å²) in [5, 5.41) is 4.27. The van der Waals surface area contributed by atoms with Crippen molar-refractivity contribution in [3.63, 3.8) is 0 Å². The number of hydrogen-bond donors (Lipinski definition) is 0. The predicted octanol–water partition coefficient (Wildman–Crippen LogP) is 2.58. The molecule has 128 valence electrons. The van der Waals surface area contributed by atoms with E-state index in [2.05, 4.69) is 29.9 Å². The van der Waals surface area contributed by atoms with E-state index in [0.717, 1.165) is 45.4 Å². The molecule has 0 spiro atoms. The Balaban J connectivity index is 1.60. The number of aryl methyl sites for hydroxylation is 1. The van der Waals surface area contributed by atoms with Crippen molar-refractivity contribution in [2.75, 3.05) is 19.7 Å². The van der Waals surface area contributed by atoms with Gasteiger partial charge in [-0.1, -0.05) is 13.8 Å². The summed E-state index contributed by atoms with van der Waals surface area (Å²) in [4.78, 5) is 15.0. The molecule has 0 aromatic carbocycles. The molecule has 1 aromatic heterocycles. The largest absolute Gasteiger partial charge is 0.377 e. The molecular weight excluding hydrogens is 290 g/mol. The molecule has 2 fully saturated rings. The van der Waals surface area contributed by atoms with Crippen molar-refractivity contribution in [1.82, 2.24) is 14.7 Å². The zero-order valence-electron chi connectivity index (χ0n) is 14.6. The Labute approximate surface area is 139 Å². The second-order valence-corrected chi connectivity index (χ2v) is 7.31. The van der Waals surface area contributed by atoms with Crippen LogP contribution in [0.2, 0.25) is 0 Å². The lowest BCUT2D eigenvalue weighted by Gasteiger charge is -2.39. The van der Waals surface area contributed by atoms with Crippen LogP contribution in [-0.4, -0.2) is 46.4 Å². The van der Waals surface area contributed by atoms with Gasteiger partial charge in [-0.2, -0.15) is 5.10 Å². The summed E-state index contributed by atoms with van der Waals surface area (Å²) in [6, 6.07) is 2.10. The molecular formula is C18H29N3O2. The summed E-state index contributed by atoms with van der Waals surface area (Å²) in [6.07, 6.45) is 6.00. The minimum absolute atomic E-state index is 0.0528. The average molecular weight is 319 g/mol. The van der Waals surface area contributed by atoms with Crippen LogP contribution in [0.5, 0.6) is 0 Å². The van der Waals surface area contributed by atoms with Crippen LogP contribution in [0.15, 0.2) is 12.3 Å². The first kappa shape index (κ1) is 16.5. The van der Waals surface area contributed by atoms with E-state index < -0.39 is 0 Å². The monoisotopic (exact) mass is 319 g/mol. The number of hydrogen-bond acceptors (Lipinski definition) is 3. The molecule has 5 nitrogen and oxygen atoms in total. The quantitative estimate of drug-likeness (QED) is 0.860. The number of aromatic nitrogens is 2. The zero-order valence-corrected chi connectivity index (χ0v) is 14.6. The van der Waals surface area contributed by atoms with Crippen molar-refractivity contribution >= 4 is 5.91 Å². The Bertz CT molecular complexity index is 532. The van der Waals surface area contributed by atoms with Crippen LogP contribution in [0, 0.1) is 11.8 Å². The molecule has 1 amide bonds. The van der Waals surface area contributed by atoms with E-state index in [9.17, 15) is 4.79 Å². The Morgan fingerprint density at radius 3 is 2.65 bits per heavy atom. The zero-order chi connectivity index (χ0) is 16.4. The van der Waals surface area contributed by atoms with Crippen LogP contribution >= 0.6 is 0 Å². The molecule has 3 heterocycles. The Kier molecular flexibility index (Phi) is 5.05. The van der Waals surface area contributed by atoms with Crippen molar-refractivity contribution in [3.8, 4) is 0 Å². The average Bonchev–Trinajstić information content (AvgIpc) is 3.00. The maximum atomic E-state index is 13.0. The van der Waals surface area contributed by atoms with Gasteiger partial charge >= 0.3 is 0 Å². The molecule has 5 heteroatoms. The highest BCUT2D eigenvalue weighted by molar-refractivity contribution is 5.79. The summed E-state index contributed by atoms with van der Waals surface area (Å²) in [6.45, 7) is 6.83. The molecule has 3 rings (SSSR count). The summed E-state index contributed by atoms with van der Waals surface area (Å²) < 4.78 is 7.86. The maximum Gasteiger partial charge on any atom is 0.228 e. The van der Waals surface area contributed by atoms with Gasteiger partial charge in [0.2, 0.25) is 5.91 Å². The van der Waals surface area contributed by atoms with Crippen LogP contribution in [0.1, 0.15) is 51.1 Å². The lowest BCUT2D eigenvalue weighted by Crippen LogP contribution is -2.48. The van der Waals surface area contributed by atoms with Gasteiger partial charge in [-0.3, -0.25) is 9.48 Å². The first-order valence-electron chi connectivity index (χ1n) is 8.96. The van der Waals surface area contributed by atoms with Gasteiger partial charge in [0, 0.05) is 44.6 Å². The Hall–Kier alpha value is -1.36. The van der Waals surface area contributed by atoms with Gasteiger partial charge in [0.25, 0.3) is 0 Å². The number of ether oxygens (including phenoxy) is 1. The van der Waals surface area contributed by atoms with Gasteiger partial charge in [0.05, 0.1) is 12.0 Å². The molecule has 2 aliphatic heterocycles. The molecule has 2 unspecified atom stereocenters. The maximum absolute atomic E-state index is 13.0. The highest BCUT2D eigenvalue weighted by Gasteiger charge is 2.37. The van der Waals surface area contributed by atoms with E-state index in [-0.39, 0.29) is 12.0 Å². The standard InChI is InChI=1S/C18H29N3O2/c1-13(2)17-15(5-4-12-23-17)18(22)21-10-7-14(8-11-21)16-6-9-19-20(16)3/h6,9,13-15,17H,4-5,7-8,10-12H2,1-3H3. The number of piperidine rings is 1. The van der Waals surface area contributed by atoms with E-state index in [1.54, 1.807) is 0 Å². The first-order valence-corrected chi connectivity index (χ1v) is 8.96. The van der Waals surface area contributed by atoms with Gasteiger partial charge in [0.15, 0.2) is 0 Å². The van der Waals surface area contributed by atoms with Crippen LogP contribution in [0.3, 0.4) is 0 Å². The summed E-state index contributed by atoms with van der Waals surface area (Å²) >= 11 is 0. The number of amides is 1. The SMILES string of the molecule is CC(C)C1OCCCC1C(=O)N1CCC(c2ccnn2C)CC1. The Morgan fingerprint density at radius 1 is 1.30 bits per heavy atom. The fraction of sp³-hybridized carbons (Fsp3) is 0.778. The predicted molar refractivity (Wildman–Crippen MR) is 89.1 cm³/mol. The molecule has 0 radical (unpaired) electrons. The smallest absolute Gasteiger partial charge is 0.228 e. The van der Waals surface area contributed by atoms with Crippen LogP contribution in [0.4, 0.5) is 0 Å². The van der Waals surface area contributed by atoms with E-state index >= 15 is 0 Å². The van der Waals surface area contributed by atoms with Crippen LogP contribution in [-0.2, 0) is 16.6 Å². The van der Waals surface area contributed by atoms with Crippen molar-refractivity contribution in [2.24, 2.45) is 18.9 Å². The van der Waals surface area contributed by atoms with Crippen LogP contribution in [0.25, 0.3) is 0 Å². The van der Waals surface area contributed by atoms with E-state index in [4.69, 9.17) is 4.74 Å². The minimum atomic E-state index is 0.0528. The molecule has 2 saturated heterocycles. The highest BCUT2D eigenvalue weighted by Crippen LogP contribution is 2.32. The topological polar surface area (TPSA) is 47.4 Å². The number of likely N-dealkylation sites (tertiary alicyclic amines) is 1. The first-order chi connectivity index (χ1) is 11.1. The van der Waals surface area contributed by atoms with E-state index in [1.165, 1.54) is 5.69 Å². The fourth-order valence-electron chi connectivity index (χ4n) is 4.14. The second kappa shape index (κ2) is 7.04. The molecule has 0 aliphatic carbocycles. The molecule has 2 aliphatic rings. The van der Waals surface area contributed by atoms with Crippen molar-refractivity contribution in [1.29, 1.82) is 0 Å². The van der Waals surface area contributed by atoms with Gasteiger partial charge in [-0.15, -0.1) is 0 Å². The third kappa shape index (κ3) is 3.44. The second-order valence-electron chi connectivity index (χ2n) is 7.31.